The molecule has 5 rings (SSSR count). The number of fused-ring (bicyclic) bond motifs is 3. The van der Waals surface area contributed by atoms with E-state index in [9.17, 15) is 4.79 Å². The van der Waals surface area contributed by atoms with Gasteiger partial charge in [0.2, 0.25) is 5.91 Å². The molecule has 0 bridgehead atoms. The third-order valence-corrected chi connectivity index (χ3v) is 7.59. The molecular formula is C28H24ClN3OS. The normalized spacial score (nSPS) is 12.7. The number of halogens is 1. The van der Waals surface area contributed by atoms with Crippen LogP contribution in [0.15, 0.2) is 84.0 Å². The SMILES string of the molecule is Cc1cc(/C=N\NC(=O)CSC2c3ccccc3-c3ccccc32)c(C)n1-c1cccc(Cl)c1. The number of carbonyl (C=O) groups excluding carboxylic acids is 1. The van der Waals surface area contributed by atoms with E-state index in [1.54, 1.807) is 18.0 Å². The van der Waals surface area contributed by atoms with Crippen molar-refractivity contribution in [1.29, 1.82) is 0 Å². The molecule has 170 valence electrons. The van der Waals surface area contributed by atoms with E-state index in [0.29, 0.717) is 10.8 Å². The molecule has 1 aromatic heterocycles. The van der Waals surface area contributed by atoms with Crippen molar-refractivity contribution in [3.05, 3.63) is 112 Å². The molecule has 1 amide bonds. The number of hydrogen-bond acceptors (Lipinski definition) is 3. The summed E-state index contributed by atoms with van der Waals surface area (Å²) in [6.07, 6.45) is 1.70. The van der Waals surface area contributed by atoms with Crippen molar-refractivity contribution in [3.63, 3.8) is 0 Å². The molecule has 1 aliphatic rings. The minimum Gasteiger partial charge on any atom is -0.318 e. The molecule has 0 fully saturated rings. The van der Waals surface area contributed by atoms with E-state index < -0.39 is 0 Å². The number of hydrazone groups is 1. The molecular weight excluding hydrogens is 462 g/mol. The van der Waals surface area contributed by atoms with Gasteiger partial charge in [0.15, 0.2) is 0 Å². The molecule has 4 nitrogen and oxygen atoms in total. The van der Waals surface area contributed by atoms with E-state index in [2.05, 4.69) is 63.6 Å². The number of carbonyl (C=O) groups is 1. The van der Waals surface area contributed by atoms with Crippen molar-refractivity contribution in [2.24, 2.45) is 5.10 Å². The van der Waals surface area contributed by atoms with Gasteiger partial charge in [-0.05, 0) is 60.4 Å². The number of benzene rings is 3. The Labute approximate surface area is 208 Å². The van der Waals surface area contributed by atoms with Gasteiger partial charge in [-0.25, -0.2) is 5.43 Å². The highest BCUT2D eigenvalue weighted by Crippen LogP contribution is 2.49. The maximum absolute atomic E-state index is 12.6. The van der Waals surface area contributed by atoms with Crippen molar-refractivity contribution in [2.45, 2.75) is 19.1 Å². The van der Waals surface area contributed by atoms with Crippen molar-refractivity contribution < 1.29 is 4.79 Å². The number of nitrogens with one attached hydrogen (secondary N) is 1. The fourth-order valence-electron chi connectivity index (χ4n) is 4.58. The highest BCUT2D eigenvalue weighted by Gasteiger charge is 2.28. The summed E-state index contributed by atoms with van der Waals surface area (Å²) < 4.78 is 2.12. The molecule has 0 unspecified atom stereocenters. The first-order chi connectivity index (χ1) is 16.5. The number of aryl methyl sites for hydroxylation is 1. The molecule has 0 saturated heterocycles. The fourth-order valence-corrected chi connectivity index (χ4v) is 5.92. The van der Waals surface area contributed by atoms with Gasteiger partial charge >= 0.3 is 0 Å². The van der Waals surface area contributed by atoms with E-state index in [0.717, 1.165) is 22.6 Å². The molecule has 0 saturated carbocycles. The average molecular weight is 486 g/mol. The van der Waals surface area contributed by atoms with E-state index >= 15 is 0 Å². The molecule has 1 aliphatic carbocycles. The quantitative estimate of drug-likeness (QED) is 0.244. The minimum absolute atomic E-state index is 0.119. The zero-order valence-corrected chi connectivity index (χ0v) is 20.5. The van der Waals surface area contributed by atoms with Crippen molar-refractivity contribution in [3.8, 4) is 16.8 Å². The van der Waals surface area contributed by atoms with Crippen LogP contribution >= 0.6 is 23.4 Å². The van der Waals surface area contributed by atoms with Gasteiger partial charge in [-0.3, -0.25) is 4.79 Å². The zero-order valence-electron chi connectivity index (χ0n) is 19.0. The predicted molar refractivity (Wildman–Crippen MR) is 142 cm³/mol. The molecule has 34 heavy (non-hydrogen) atoms. The lowest BCUT2D eigenvalue weighted by atomic mass is 10.1. The Balaban J connectivity index is 1.25. The number of nitrogens with zero attached hydrogens (tertiary/aromatic N) is 2. The van der Waals surface area contributed by atoms with E-state index in [1.807, 2.05) is 44.2 Å². The lowest BCUT2D eigenvalue weighted by molar-refractivity contribution is -0.118. The van der Waals surface area contributed by atoms with Gasteiger partial charge in [-0.2, -0.15) is 5.10 Å². The topological polar surface area (TPSA) is 46.4 Å². The summed E-state index contributed by atoms with van der Waals surface area (Å²) in [5.41, 5.74) is 11.8. The van der Waals surface area contributed by atoms with Crippen LogP contribution in [0.4, 0.5) is 0 Å². The van der Waals surface area contributed by atoms with Crippen molar-refractivity contribution in [1.82, 2.24) is 9.99 Å². The number of thioether (sulfide) groups is 1. The largest absolute Gasteiger partial charge is 0.318 e. The Hall–Kier alpha value is -3.28. The summed E-state index contributed by atoms with van der Waals surface area (Å²) >= 11 is 7.80. The fraction of sp³-hybridized carbons (Fsp3) is 0.143. The second kappa shape index (κ2) is 9.53. The standard InChI is InChI=1S/C28H24ClN3OS/c1-18-14-20(19(2)32(18)22-9-7-8-21(29)15-22)16-30-31-27(33)17-34-28-25-12-5-3-10-23(25)24-11-4-6-13-26(24)28/h3-16,28H,17H2,1-2H3,(H,31,33)/b30-16-. The first-order valence-electron chi connectivity index (χ1n) is 11.1. The summed E-state index contributed by atoms with van der Waals surface area (Å²) in [5, 5.41) is 5.07. The number of hydrogen-bond donors (Lipinski definition) is 1. The average Bonchev–Trinajstić information content (AvgIpc) is 3.31. The zero-order chi connectivity index (χ0) is 23.7. The van der Waals surface area contributed by atoms with Crippen molar-refractivity contribution >= 4 is 35.5 Å². The van der Waals surface area contributed by atoms with Crippen LogP contribution in [0, 0.1) is 13.8 Å². The molecule has 6 heteroatoms. The Morgan fingerprint density at radius 2 is 1.68 bits per heavy atom. The van der Waals surface area contributed by atoms with Gasteiger partial charge < -0.3 is 4.57 Å². The van der Waals surface area contributed by atoms with Gasteiger partial charge in [0.1, 0.15) is 0 Å². The summed E-state index contributed by atoms with van der Waals surface area (Å²) in [6.45, 7) is 4.07. The van der Waals surface area contributed by atoms with Crippen LogP contribution in [0.25, 0.3) is 16.8 Å². The van der Waals surface area contributed by atoms with Gasteiger partial charge in [-0.15, -0.1) is 11.8 Å². The second-order valence-corrected chi connectivity index (χ2v) is 9.83. The smallest absolute Gasteiger partial charge is 0.250 e. The van der Waals surface area contributed by atoms with E-state index in [-0.39, 0.29) is 11.2 Å². The van der Waals surface area contributed by atoms with Crippen LogP contribution in [-0.2, 0) is 4.79 Å². The maximum atomic E-state index is 12.6. The molecule has 0 atom stereocenters. The molecule has 0 radical (unpaired) electrons. The number of aromatic nitrogens is 1. The highest BCUT2D eigenvalue weighted by atomic mass is 35.5. The Morgan fingerprint density at radius 3 is 2.35 bits per heavy atom. The molecule has 0 spiro atoms. The van der Waals surface area contributed by atoms with Gasteiger partial charge in [0.05, 0.1) is 17.2 Å². The van der Waals surface area contributed by atoms with Crippen LogP contribution in [-0.4, -0.2) is 22.4 Å². The lowest BCUT2D eigenvalue weighted by Gasteiger charge is -2.12. The maximum Gasteiger partial charge on any atom is 0.250 e. The third-order valence-electron chi connectivity index (χ3n) is 6.09. The Morgan fingerprint density at radius 1 is 1.00 bits per heavy atom. The minimum atomic E-state index is -0.119. The molecule has 1 N–H and O–H groups in total. The van der Waals surface area contributed by atoms with Gasteiger partial charge in [0.25, 0.3) is 0 Å². The van der Waals surface area contributed by atoms with Crippen molar-refractivity contribution in [2.75, 3.05) is 5.75 Å². The monoisotopic (exact) mass is 485 g/mol. The van der Waals surface area contributed by atoms with Gasteiger partial charge in [0, 0.05) is 27.7 Å². The summed E-state index contributed by atoms with van der Waals surface area (Å²) in [7, 11) is 0. The summed E-state index contributed by atoms with van der Waals surface area (Å²) in [6, 6.07) is 26.6. The first-order valence-corrected chi connectivity index (χ1v) is 12.5. The molecule has 0 aliphatic heterocycles. The lowest BCUT2D eigenvalue weighted by Crippen LogP contribution is -2.20. The molecule has 3 aromatic carbocycles. The van der Waals surface area contributed by atoms with Crippen LogP contribution < -0.4 is 5.43 Å². The van der Waals surface area contributed by atoms with E-state index in [4.69, 9.17) is 11.6 Å². The van der Waals surface area contributed by atoms with Crippen LogP contribution in [0.1, 0.15) is 33.3 Å². The predicted octanol–water partition coefficient (Wildman–Crippen LogP) is 6.70. The highest BCUT2D eigenvalue weighted by molar-refractivity contribution is 8.00. The van der Waals surface area contributed by atoms with Crippen LogP contribution in [0.5, 0.6) is 0 Å². The Bertz CT molecular complexity index is 1360. The van der Waals surface area contributed by atoms with Gasteiger partial charge in [-0.1, -0.05) is 66.2 Å². The summed E-state index contributed by atoms with van der Waals surface area (Å²) in [4.78, 5) is 12.6. The number of rotatable bonds is 6. The first kappa shape index (κ1) is 22.5. The van der Waals surface area contributed by atoms with E-state index in [1.165, 1.54) is 22.3 Å². The van der Waals surface area contributed by atoms with Crippen LogP contribution in [0.3, 0.4) is 0 Å². The second-order valence-electron chi connectivity index (χ2n) is 8.30. The third kappa shape index (κ3) is 4.29. The molecule has 4 aromatic rings. The van der Waals surface area contributed by atoms with Crippen LogP contribution in [0.2, 0.25) is 5.02 Å². The summed E-state index contributed by atoms with van der Waals surface area (Å²) in [5.74, 6) is 0.207. The molecule has 1 heterocycles. The number of amides is 1. The Kier molecular flexibility index (Phi) is 6.31.